The molecule has 0 amide bonds. The van der Waals surface area contributed by atoms with Gasteiger partial charge in [0.15, 0.2) is 11.5 Å². The van der Waals surface area contributed by atoms with Gasteiger partial charge in [-0.2, -0.15) is 0 Å². The zero-order valence-corrected chi connectivity index (χ0v) is 13.9. The molecule has 0 aliphatic carbocycles. The van der Waals surface area contributed by atoms with E-state index in [1.165, 1.54) is 0 Å². The molecule has 1 aliphatic rings. The van der Waals surface area contributed by atoms with E-state index in [2.05, 4.69) is 23.8 Å². The van der Waals surface area contributed by atoms with E-state index in [0.29, 0.717) is 23.9 Å². The fourth-order valence-electron chi connectivity index (χ4n) is 2.63. The number of benzene rings is 1. The largest absolute Gasteiger partial charge is 0.493 e. The van der Waals surface area contributed by atoms with Crippen LogP contribution >= 0.6 is 0 Å². The second-order valence-corrected chi connectivity index (χ2v) is 5.68. The number of hydrogen-bond acceptors (Lipinski definition) is 5. The van der Waals surface area contributed by atoms with Crippen molar-refractivity contribution in [2.24, 2.45) is 0 Å². The Morgan fingerprint density at radius 3 is 2.36 bits per heavy atom. The molecule has 1 saturated heterocycles. The van der Waals surface area contributed by atoms with Gasteiger partial charge >= 0.3 is 0 Å². The number of methoxy groups -OCH3 is 2. The summed E-state index contributed by atoms with van der Waals surface area (Å²) in [4.78, 5) is 4.85. The lowest BCUT2D eigenvalue weighted by atomic mass is 10.2. The SMILES string of the molecule is [CH2]c1cc(OC)c(OC)c(OCCCN2CCN(C)CC2)c1. The normalized spacial score (nSPS) is 16.5. The first-order valence-corrected chi connectivity index (χ1v) is 7.75. The predicted octanol–water partition coefficient (Wildman–Crippen LogP) is 1.90. The first-order valence-electron chi connectivity index (χ1n) is 7.75. The molecule has 0 atom stereocenters. The summed E-state index contributed by atoms with van der Waals surface area (Å²) in [5.41, 5.74) is 0.853. The van der Waals surface area contributed by atoms with Gasteiger partial charge in [-0.1, -0.05) is 0 Å². The third-order valence-corrected chi connectivity index (χ3v) is 3.98. The molecule has 1 heterocycles. The third-order valence-electron chi connectivity index (χ3n) is 3.98. The number of rotatable bonds is 7. The second kappa shape index (κ2) is 8.25. The summed E-state index contributed by atoms with van der Waals surface area (Å²) in [6, 6.07) is 3.73. The van der Waals surface area contributed by atoms with Crippen LogP contribution in [-0.2, 0) is 0 Å². The molecule has 1 aliphatic heterocycles. The average Bonchev–Trinajstić information content (AvgIpc) is 2.52. The van der Waals surface area contributed by atoms with Crippen LogP contribution in [0.4, 0.5) is 0 Å². The highest BCUT2D eigenvalue weighted by Gasteiger charge is 2.14. The maximum atomic E-state index is 5.88. The van der Waals surface area contributed by atoms with Crippen molar-refractivity contribution in [1.82, 2.24) is 9.80 Å². The first-order chi connectivity index (χ1) is 10.6. The van der Waals surface area contributed by atoms with Crippen molar-refractivity contribution >= 4 is 0 Å². The van der Waals surface area contributed by atoms with E-state index in [0.717, 1.165) is 44.7 Å². The number of nitrogens with zero attached hydrogens (tertiary/aromatic N) is 2. The smallest absolute Gasteiger partial charge is 0.203 e. The van der Waals surface area contributed by atoms with Crippen molar-refractivity contribution < 1.29 is 14.2 Å². The fourth-order valence-corrected chi connectivity index (χ4v) is 2.63. The average molecular weight is 307 g/mol. The molecule has 0 unspecified atom stereocenters. The van der Waals surface area contributed by atoms with Crippen molar-refractivity contribution in [3.05, 3.63) is 24.6 Å². The lowest BCUT2D eigenvalue weighted by Gasteiger charge is -2.32. The topological polar surface area (TPSA) is 34.2 Å². The minimum absolute atomic E-state index is 0.634. The summed E-state index contributed by atoms with van der Waals surface area (Å²) in [6.07, 6.45) is 0.997. The summed E-state index contributed by atoms with van der Waals surface area (Å²) >= 11 is 0. The van der Waals surface area contributed by atoms with Gasteiger partial charge in [0.1, 0.15) is 0 Å². The van der Waals surface area contributed by atoms with E-state index in [-0.39, 0.29) is 0 Å². The lowest BCUT2D eigenvalue weighted by Crippen LogP contribution is -2.44. The first kappa shape index (κ1) is 16.9. The number of hydrogen-bond donors (Lipinski definition) is 0. The lowest BCUT2D eigenvalue weighted by molar-refractivity contribution is 0.145. The van der Waals surface area contributed by atoms with Crippen LogP contribution in [0.2, 0.25) is 0 Å². The molecular weight excluding hydrogens is 280 g/mol. The zero-order chi connectivity index (χ0) is 15.9. The molecule has 1 fully saturated rings. The van der Waals surface area contributed by atoms with Crippen molar-refractivity contribution in [2.75, 3.05) is 60.6 Å². The summed E-state index contributed by atoms with van der Waals surface area (Å²) in [7, 11) is 5.41. The van der Waals surface area contributed by atoms with E-state index >= 15 is 0 Å². The van der Waals surface area contributed by atoms with Crippen LogP contribution in [0.3, 0.4) is 0 Å². The van der Waals surface area contributed by atoms with Gasteiger partial charge in [0.25, 0.3) is 0 Å². The second-order valence-electron chi connectivity index (χ2n) is 5.68. The van der Waals surface area contributed by atoms with Crippen LogP contribution in [0.15, 0.2) is 12.1 Å². The maximum Gasteiger partial charge on any atom is 0.203 e. The van der Waals surface area contributed by atoms with Crippen molar-refractivity contribution in [3.8, 4) is 17.2 Å². The molecular formula is C17H27N2O3. The Balaban J connectivity index is 1.82. The quantitative estimate of drug-likeness (QED) is 0.719. The van der Waals surface area contributed by atoms with Crippen LogP contribution in [0.25, 0.3) is 0 Å². The minimum atomic E-state index is 0.634. The fraction of sp³-hybridized carbons (Fsp3) is 0.588. The van der Waals surface area contributed by atoms with Gasteiger partial charge in [-0.15, -0.1) is 0 Å². The van der Waals surface area contributed by atoms with Gasteiger partial charge in [-0.3, -0.25) is 0 Å². The van der Waals surface area contributed by atoms with Gasteiger partial charge in [0, 0.05) is 32.7 Å². The Bertz CT molecular complexity index is 471. The summed E-state index contributed by atoms with van der Waals surface area (Å²) in [5, 5.41) is 0. The molecule has 1 radical (unpaired) electrons. The standard InChI is InChI=1S/C17H27N2O3/c1-14-12-15(20-3)17(21-4)16(13-14)22-11-5-6-19-9-7-18(2)8-10-19/h12-13H,1,5-11H2,2-4H3. The molecule has 0 N–H and O–H groups in total. The Hall–Kier alpha value is -1.46. The molecule has 1 aromatic rings. The molecule has 1 aromatic carbocycles. The van der Waals surface area contributed by atoms with Crippen LogP contribution in [0.5, 0.6) is 17.2 Å². The molecule has 2 rings (SSSR count). The van der Waals surface area contributed by atoms with Gasteiger partial charge < -0.3 is 24.0 Å². The molecule has 0 aromatic heterocycles. The van der Waals surface area contributed by atoms with Gasteiger partial charge in [-0.05, 0) is 38.1 Å². The molecule has 0 saturated carbocycles. The molecule has 22 heavy (non-hydrogen) atoms. The van der Waals surface area contributed by atoms with E-state index in [9.17, 15) is 0 Å². The predicted molar refractivity (Wildman–Crippen MR) is 88.1 cm³/mol. The zero-order valence-electron chi connectivity index (χ0n) is 13.9. The van der Waals surface area contributed by atoms with Gasteiger partial charge in [0.05, 0.1) is 20.8 Å². The molecule has 0 spiro atoms. The molecule has 123 valence electrons. The Morgan fingerprint density at radius 2 is 1.73 bits per heavy atom. The van der Waals surface area contributed by atoms with E-state index in [4.69, 9.17) is 14.2 Å². The van der Waals surface area contributed by atoms with Crippen molar-refractivity contribution in [3.63, 3.8) is 0 Å². The van der Waals surface area contributed by atoms with Crippen LogP contribution in [0.1, 0.15) is 12.0 Å². The summed E-state index contributed by atoms with van der Waals surface area (Å²) < 4.78 is 16.6. The minimum Gasteiger partial charge on any atom is -0.493 e. The molecule has 0 bridgehead atoms. The Labute approximate surface area is 133 Å². The van der Waals surface area contributed by atoms with Crippen LogP contribution in [0, 0.1) is 6.92 Å². The third kappa shape index (κ3) is 4.52. The van der Waals surface area contributed by atoms with Crippen LogP contribution in [-0.4, -0.2) is 70.4 Å². The highest BCUT2D eigenvalue weighted by molar-refractivity contribution is 5.54. The monoisotopic (exact) mass is 307 g/mol. The number of piperazine rings is 1. The van der Waals surface area contributed by atoms with E-state index in [1.54, 1.807) is 14.2 Å². The Morgan fingerprint density at radius 1 is 1.05 bits per heavy atom. The molecule has 5 heteroatoms. The summed E-state index contributed by atoms with van der Waals surface area (Å²) in [6.45, 7) is 10.3. The Kier molecular flexibility index (Phi) is 6.34. The molecule has 5 nitrogen and oxygen atoms in total. The number of ether oxygens (including phenoxy) is 3. The van der Waals surface area contributed by atoms with Gasteiger partial charge in [-0.25, -0.2) is 0 Å². The summed E-state index contributed by atoms with van der Waals surface area (Å²) in [5.74, 6) is 1.99. The van der Waals surface area contributed by atoms with Gasteiger partial charge in [0.2, 0.25) is 5.75 Å². The van der Waals surface area contributed by atoms with Crippen molar-refractivity contribution in [2.45, 2.75) is 6.42 Å². The van der Waals surface area contributed by atoms with E-state index in [1.807, 2.05) is 12.1 Å². The highest BCUT2D eigenvalue weighted by Crippen LogP contribution is 2.38. The highest BCUT2D eigenvalue weighted by atomic mass is 16.5. The number of likely N-dealkylation sites (N-methyl/N-ethyl adjacent to an activating group) is 1. The van der Waals surface area contributed by atoms with Crippen molar-refractivity contribution in [1.29, 1.82) is 0 Å². The van der Waals surface area contributed by atoms with Crippen LogP contribution < -0.4 is 14.2 Å². The maximum absolute atomic E-state index is 5.88. The van der Waals surface area contributed by atoms with E-state index < -0.39 is 0 Å².